The minimum atomic E-state index is 0. The van der Waals surface area contributed by atoms with Gasteiger partial charge >= 0.3 is 26.2 Å². The topological polar surface area (TPSA) is 0 Å². The van der Waals surface area contributed by atoms with Crippen molar-refractivity contribution < 1.29 is 26.2 Å². The van der Waals surface area contributed by atoms with E-state index in [1.54, 1.807) is 0 Å². The van der Waals surface area contributed by atoms with E-state index in [2.05, 4.69) is 53.8 Å². The van der Waals surface area contributed by atoms with Crippen LogP contribution in [0.15, 0.2) is 36.5 Å². The summed E-state index contributed by atoms with van der Waals surface area (Å²) in [5.41, 5.74) is 0. The number of hydrogen-bond donors (Lipinski definition) is 0. The number of rotatable bonds is 0. The van der Waals surface area contributed by atoms with Crippen molar-refractivity contribution in [3.8, 4) is 0 Å². The first-order chi connectivity index (χ1) is 6.41. The van der Waals surface area contributed by atoms with Gasteiger partial charge in [0.15, 0.2) is 0 Å². The normalized spacial score (nSPS) is 13.9. The third-order valence-corrected chi connectivity index (χ3v) is 1.17. The minimum Gasteiger partial charge on any atom is -0.273 e. The SMILES string of the molecule is CCI.[C-]1=CC=CC1.[C-]1=CC=CC1.[Zr+2]. The van der Waals surface area contributed by atoms with Crippen LogP contribution in [0.2, 0.25) is 0 Å². The number of hydrogen-bond acceptors (Lipinski definition) is 0. The standard InChI is InChI=1S/2C5H5.C2H5I.Zr/c2*1-2-4-5-3-1;1-2-3;/h2*1-3H,4H2;2H2,1H3;/q2*-1;;+2. The van der Waals surface area contributed by atoms with Gasteiger partial charge in [-0.25, -0.2) is 24.3 Å². The summed E-state index contributed by atoms with van der Waals surface area (Å²) in [7, 11) is 0. The predicted octanol–water partition coefficient (Wildman–Crippen LogP) is 4.05. The van der Waals surface area contributed by atoms with Crippen LogP contribution in [0, 0.1) is 12.2 Å². The smallest absolute Gasteiger partial charge is 0.273 e. The van der Waals surface area contributed by atoms with Crippen molar-refractivity contribution in [2.45, 2.75) is 19.8 Å². The monoisotopic (exact) mass is 376 g/mol. The Bertz CT molecular complexity index is 160. The third kappa shape index (κ3) is 15.1. The van der Waals surface area contributed by atoms with Crippen molar-refractivity contribution >= 4 is 22.6 Å². The van der Waals surface area contributed by atoms with Crippen molar-refractivity contribution in [2.24, 2.45) is 0 Å². The van der Waals surface area contributed by atoms with Crippen LogP contribution in [0.5, 0.6) is 0 Å². The van der Waals surface area contributed by atoms with Gasteiger partial charge in [-0.05, 0) is 4.43 Å². The first kappa shape index (κ1) is 17.0. The zero-order valence-corrected chi connectivity index (χ0v) is 13.1. The summed E-state index contributed by atoms with van der Waals surface area (Å²) in [5.74, 6) is 0. The summed E-state index contributed by atoms with van der Waals surface area (Å²) in [4.78, 5) is 0. The first-order valence-electron chi connectivity index (χ1n) is 4.41. The molecular formula is C12H15IZr. The van der Waals surface area contributed by atoms with E-state index in [1.165, 1.54) is 4.43 Å². The molecule has 2 aliphatic rings. The van der Waals surface area contributed by atoms with Crippen LogP contribution in [0.3, 0.4) is 0 Å². The predicted molar refractivity (Wildman–Crippen MR) is 67.7 cm³/mol. The molecule has 0 amide bonds. The van der Waals surface area contributed by atoms with Crippen molar-refractivity contribution in [1.29, 1.82) is 0 Å². The van der Waals surface area contributed by atoms with E-state index in [0.29, 0.717) is 0 Å². The second-order valence-electron chi connectivity index (χ2n) is 2.27. The molecule has 0 nitrogen and oxygen atoms in total. The fraction of sp³-hybridized carbons (Fsp3) is 0.333. The second kappa shape index (κ2) is 16.0. The zero-order chi connectivity index (χ0) is 9.78. The van der Waals surface area contributed by atoms with Crippen LogP contribution in [0.25, 0.3) is 0 Å². The second-order valence-corrected chi connectivity index (χ2v) is 3.80. The molecule has 0 aromatic heterocycles. The molecule has 0 spiro atoms. The maximum Gasteiger partial charge on any atom is 2.00 e. The molecule has 0 heterocycles. The molecular weight excluding hydrogens is 362 g/mol. The number of halogens is 1. The summed E-state index contributed by atoms with van der Waals surface area (Å²) in [6.45, 7) is 2.11. The summed E-state index contributed by atoms with van der Waals surface area (Å²) in [6.07, 6.45) is 20.0. The van der Waals surface area contributed by atoms with Gasteiger partial charge in [0.2, 0.25) is 0 Å². The summed E-state index contributed by atoms with van der Waals surface area (Å²) in [6, 6.07) is 0. The molecule has 0 aromatic carbocycles. The Morgan fingerprint density at radius 2 is 1.43 bits per heavy atom. The molecule has 2 rings (SSSR count). The van der Waals surface area contributed by atoms with Crippen molar-refractivity contribution in [3.05, 3.63) is 48.6 Å². The molecule has 0 saturated heterocycles. The Labute approximate surface area is 121 Å². The van der Waals surface area contributed by atoms with Gasteiger partial charge < -0.3 is 0 Å². The van der Waals surface area contributed by atoms with Gasteiger partial charge in [0.05, 0.1) is 0 Å². The van der Waals surface area contributed by atoms with Crippen molar-refractivity contribution in [1.82, 2.24) is 0 Å². The molecule has 0 aliphatic heterocycles. The molecule has 0 fully saturated rings. The maximum atomic E-state index is 2.99. The average molecular weight is 377 g/mol. The summed E-state index contributed by atoms with van der Waals surface area (Å²) < 4.78 is 1.22. The van der Waals surface area contributed by atoms with E-state index in [-0.39, 0.29) is 26.2 Å². The molecule has 14 heavy (non-hydrogen) atoms. The molecule has 74 valence electrons. The molecule has 0 bridgehead atoms. The van der Waals surface area contributed by atoms with Gasteiger partial charge in [0, 0.05) is 0 Å². The van der Waals surface area contributed by atoms with Crippen LogP contribution >= 0.6 is 22.6 Å². The quantitative estimate of drug-likeness (QED) is 0.339. The van der Waals surface area contributed by atoms with E-state index in [1.807, 2.05) is 24.3 Å². The Morgan fingerprint density at radius 3 is 1.50 bits per heavy atom. The van der Waals surface area contributed by atoms with Gasteiger partial charge in [-0.3, -0.25) is 12.2 Å². The molecule has 0 unspecified atom stereocenters. The van der Waals surface area contributed by atoms with E-state index < -0.39 is 0 Å². The molecule has 0 saturated carbocycles. The van der Waals surface area contributed by atoms with Crippen LogP contribution in [-0.4, -0.2) is 4.43 Å². The fourth-order valence-electron chi connectivity index (χ4n) is 0.680. The van der Waals surface area contributed by atoms with Crippen molar-refractivity contribution in [2.75, 3.05) is 4.43 Å². The Kier molecular flexibility index (Phi) is 19.4. The molecule has 2 aliphatic carbocycles. The van der Waals surface area contributed by atoms with Crippen LogP contribution < -0.4 is 0 Å². The van der Waals surface area contributed by atoms with Crippen LogP contribution in [0.1, 0.15) is 19.8 Å². The number of allylic oxidation sites excluding steroid dienone is 8. The first-order valence-corrected chi connectivity index (χ1v) is 5.93. The van der Waals surface area contributed by atoms with Crippen molar-refractivity contribution in [3.63, 3.8) is 0 Å². The van der Waals surface area contributed by atoms with Gasteiger partial charge in [-0.15, -0.1) is 12.8 Å². The molecule has 0 N–H and O–H groups in total. The molecule has 0 atom stereocenters. The summed E-state index contributed by atoms with van der Waals surface area (Å²) >= 11 is 2.29. The fourth-order valence-corrected chi connectivity index (χ4v) is 0.680. The summed E-state index contributed by atoms with van der Waals surface area (Å²) in [5, 5.41) is 0. The average Bonchev–Trinajstić information content (AvgIpc) is 2.85. The van der Waals surface area contributed by atoms with Crippen LogP contribution in [-0.2, 0) is 26.2 Å². The maximum absolute atomic E-state index is 2.99. The van der Waals surface area contributed by atoms with Gasteiger partial charge in [-0.2, -0.15) is 12.2 Å². The van der Waals surface area contributed by atoms with E-state index in [4.69, 9.17) is 0 Å². The Morgan fingerprint density at radius 1 is 1.07 bits per heavy atom. The minimum absolute atomic E-state index is 0. The van der Waals surface area contributed by atoms with Gasteiger partial charge in [0.1, 0.15) is 0 Å². The number of alkyl halides is 1. The Balaban J connectivity index is 0. The van der Waals surface area contributed by atoms with E-state index in [9.17, 15) is 0 Å². The van der Waals surface area contributed by atoms with Gasteiger partial charge in [-0.1, -0.05) is 29.5 Å². The van der Waals surface area contributed by atoms with Gasteiger partial charge in [0.25, 0.3) is 0 Å². The zero-order valence-electron chi connectivity index (χ0n) is 8.46. The van der Waals surface area contributed by atoms with E-state index >= 15 is 0 Å². The molecule has 0 radical (unpaired) electrons. The largest absolute Gasteiger partial charge is 2.00 e. The van der Waals surface area contributed by atoms with E-state index in [0.717, 1.165) is 12.8 Å². The third-order valence-electron chi connectivity index (χ3n) is 1.17. The van der Waals surface area contributed by atoms with Crippen LogP contribution in [0.4, 0.5) is 0 Å². The molecule has 2 heteroatoms. The molecule has 0 aromatic rings. The Hall–Kier alpha value is 0.573.